The second kappa shape index (κ2) is 9.82. The topological polar surface area (TPSA) is 3.24 Å². The molecule has 0 heterocycles. The van der Waals surface area contributed by atoms with Crippen molar-refractivity contribution >= 4 is 0 Å². The SMILES string of the molecule is CN(CCCCCC1CCCCC1)CC1CCCCC1. The molecule has 20 heavy (non-hydrogen) atoms. The summed E-state index contributed by atoms with van der Waals surface area (Å²) in [5.41, 5.74) is 0. The van der Waals surface area contributed by atoms with Crippen molar-refractivity contribution in [3.63, 3.8) is 0 Å². The van der Waals surface area contributed by atoms with Crippen LogP contribution >= 0.6 is 0 Å². The lowest BCUT2D eigenvalue weighted by Gasteiger charge is -2.27. The molecule has 0 saturated heterocycles. The van der Waals surface area contributed by atoms with Crippen molar-refractivity contribution in [2.24, 2.45) is 11.8 Å². The summed E-state index contributed by atoms with van der Waals surface area (Å²) in [5, 5.41) is 0. The minimum Gasteiger partial charge on any atom is -0.306 e. The Labute approximate surface area is 127 Å². The van der Waals surface area contributed by atoms with E-state index in [9.17, 15) is 0 Å². The van der Waals surface area contributed by atoms with E-state index >= 15 is 0 Å². The molecular formula is C19H37N. The monoisotopic (exact) mass is 279 g/mol. The third-order valence-corrected chi connectivity index (χ3v) is 5.67. The summed E-state index contributed by atoms with van der Waals surface area (Å²) in [7, 11) is 2.34. The third kappa shape index (κ3) is 6.61. The Bertz CT molecular complexity index is 226. The molecule has 2 fully saturated rings. The van der Waals surface area contributed by atoms with Gasteiger partial charge in [-0.1, -0.05) is 70.6 Å². The van der Waals surface area contributed by atoms with Crippen molar-refractivity contribution in [2.75, 3.05) is 20.1 Å². The number of hydrogen-bond acceptors (Lipinski definition) is 1. The molecule has 0 aromatic rings. The molecule has 2 aliphatic carbocycles. The Hall–Kier alpha value is -0.0400. The molecule has 2 aliphatic rings. The van der Waals surface area contributed by atoms with Gasteiger partial charge in [-0.15, -0.1) is 0 Å². The van der Waals surface area contributed by atoms with Gasteiger partial charge in [-0.25, -0.2) is 0 Å². The molecule has 0 spiro atoms. The highest BCUT2D eigenvalue weighted by Gasteiger charge is 2.15. The molecule has 0 amide bonds. The van der Waals surface area contributed by atoms with E-state index in [4.69, 9.17) is 0 Å². The molecule has 2 saturated carbocycles. The molecule has 0 radical (unpaired) electrons. The quantitative estimate of drug-likeness (QED) is 0.520. The van der Waals surface area contributed by atoms with E-state index in [1.165, 1.54) is 103 Å². The largest absolute Gasteiger partial charge is 0.306 e. The summed E-state index contributed by atoms with van der Waals surface area (Å²) >= 11 is 0. The van der Waals surface area contributed by atoms with Crippen LogP contribution in [0.3, 0.4) is 0 Å². The number of unbranched alkanes of at least 4 members (excludes halogenated alkanes) is 2. The molecule has 0 unspecified atom stereocenters. The van der Waals surface area contributed by atoms with Gasteiger partial charge in [-0.2, -0.15) is 0 Å². The van der Waals surface area contributed by atoms with Crippen LogP contribution in [-0.2, 0) is 0 Å². The zero-order valence-electron chi connectivity index (χ0n) is 13.9. The molecule has 1 heteroatoms. The van der Waals surface area contributed by atoms with Crippen LogP contribution in [0.5, 0.6) is 0 Å². The van der Waals surface area contributed by atoms with E-state index < -0.39 is 0 Å². The van der Waals surface area contributed by atoms with Crippen LogP contribution in [0, 0.1) is 11.8 Å². The fourth-order valence-electron chi connectivity index (χ4n) is 4.37. The Balaban J connectivity index is 1.43. The van der Waals surface area contributed by atoms with Gasteiger partial charge >= 0.3 is 0 Å². The van der Waals surface area contributed by atoms with Gasteiger partial charge < -0.3 is 4.90 Å². The van der Waals surface area contributed by atoms with Gasteiger partial charge in [0.05, 0.1) is 0 Å². The lowest BCUT2D eigenvalue weighted by molar-refractivity contribution is 0.229. The van der Waals surface area contributed by atoms with Gasteiger partial charge in [-0.05, 0) is 44.7 Å². The van der Waals surface area contributed by atoms with Crippen LogP contribution in [0.15, 0.2) is 0 Å². The highest BCUT2D eigenvalue weighted by atomic mass is 15.1. The number of rotatable bonds is 8. The highest BCUT2D eigenvalue weighted by molar-refractivity contribution is 4.69. The maximum atomic E-state index is 2.61. The van der Waals surface area contributed by atoms with Crippen LogP contribution < -0.4 is 0 Å². The normalized spacial score (nSPS) is 22.5. The van der Waals surface area contributed by atoms with E-state index in [1.807, 2.05) is 0 Å². The van der Waals surface area contributed by atoms with E-state index in [2.05, 4.69) is 11.9 Å². The van der Waals surface area contributed by atoms with E-state index in [-0.39, 0.29) is 0 Å². The highest BCUT2D eigenvalue weighted by Crippen LogP contribution is 2.28. The van der Waals surface area contributed by atoms with Gasteiger partial charge in [0, 0.05) is 6.54 Å². The lowest BCUT2D eigenvalue weighted by atomic mass is 9.85. The summed E-state index contributed by atoms with van der Waals surface area (Å²) in [4.78, 5) is 2.61. The zero-order chi connectivity index (χ0) is 14.0. The Morgan fingerprint density at radius 1 is 0.700 bits per heavy atom. The average Bonchev–Trinajstić information content (AvgIpc) is 2.49. The van der Waals surface area contributed by atoms with Crippen LogP contribution in [-0.4, -0.2) is 25.0 Å². The standard InChI is InChI=1S/C19H37N/c1-20(17-19-14-7-3-8-15-19)16-10-4-9-13-18-11-5-2-6-12-18/h18-19H,2-17H2,1H3. The molecule has 2 rings (SSSR count). The van der Waals surface area contributed by atoms with Gasteiger partial charge in [0.1, 0.15) is 0 Å². The van der Waals surface area contributed by atoms with Gasteiger partial charge in [0.15, 0.2) is 0 Å². The van der Waals surface area contributed by atoms with E-state index in [1.54, 1.807) is 0 Å². The smallest absolute Gasteiger partial charge is 0.000661 e. The summed E-state index contributed by atoms with van der Waals surface area (Å²) < 4.78 is 0. The summed E-state index contributed by atoms with van der Waals surface area (Å²) in [6.45, 7) is 2.70. The maximum absolute atomic E-state index is 2.61. The van der Waals surface area contributed by atoms with Crippen LogP contribution in [0.1, 0.15) is 89.9 Å². The van der Waals surface area contributed by atoms with E-state index in [0.717, 1.165) is 11.8 Å². The minimum atomic E-state index is 1.01. The van der Waals surface area contributed by atoms with Crippen LogP contribution in [0.4, 0.5) is 0 Å². The first-order chi connectivity index (χ1) is 9.84. The van der Waals surface area contributed by atoms with Crippen molar-refractivity contribution in [2.45, 2.75) is 89.9 Å². The number of hydrogen-bond donors (Lipinski definition) is 0. The molecule has 0 bridgehead atoms. The lowest BCUT2D eigenvalue weighted by Crippen LogP contribution is -2.27. The van der Waals surface area contributed by atoms with Crippen molar-refractivity contribution < 1.29 is 0 Å². The van der Waals surface area contributed by atoms with Crippen molar-refractivity contribution in [1.29, 1.82) is 0 Å². The Morgan fingerprint density at radius 2 is 1.30 bits per heavy atom. The molecule has 0 aromatic heterocycles. The predicted octanol–water partition coefficient (Wildman–Crippen LogP) is 5.64. The first-order valence-electron chi connectivity index (χ1n) is 9.53. The third-order valence-electron chi connectivity index (χ3n) is 5.67. The van der Waals surface area contributed by atoms with Gasteiger partial charge in [0.25, 0.3) is 0 Å². The fraction of sp³-hybridized carbons (Fsp3) is 1.00. The molecule has 0 aliphatic heterocycles. The Morgan fingerprint density at radius 3 is 1.95 bits per heavy atom. The van der Waals surface area contributed by atoms with Crippen molar-refractivity contribution in [1.82, 2.24) is 4.90 Å². The maximum Gasteiger partial charge on any atom is 0.000661 e. The Kier molecular flexibility index (Phi) is 8.02. The molecule has 0 N–H and O–H groups in total. The molecule has 1 nitrogen and oxygen atoms in total. The zero-order valence-corrected chi connectivity index (χ0v) is 13.9. The molecule has 118 valence electrons. The van der Waals surface area contributed by atoms with Gasteiger partial charge in [0.2, 0.25) is 0 Å². The second-order valence-corrected chi connectivity index (χ2v) is 7.62. The number of nitrogens with zero attached hydrogens (tertiary/aromatic N) is 1. The molecular weight excluding hydrogens is 242 g/mol. The summed E-state index contributed by atoms with van der Waals surface area (Å²) in [6.07, 6.45) is 20.9. The summed E-state index contributed by atoms with van der Waals surface area (Å²) in [6, 6.07) is 0. The van der Waals surface area contributed by atoms with Crippen LogP contribution in [0.2, 0.25) is 0 Å². The summed E-state index contributed by atoms with van der Waals surface area (Å²) in [5.74, 6) is 2.10. The first-order valence-corrected chi connectivity index (χ1v) is 9.53. The second-order valence-electron chi connectivity index (χ2n) is 7.62. The molecule has 0 aromatic carbocycles. The average molecular weight is 280 g/mol. The predicted molar refractivity (Wildman–Crippen MR) is 89.1 cm³/mol. The molecule has 0 atom stereocenters. The minimum absolute atomic E-state index is 1.01. The van der Waals surface area contributed by atoms with Gasteiger partial charge in [-0.3, -0.25) is 0 Å². The fourth-order valence-corrected chi connectivity index (χ4v) is 4.37. The van der Waals surface area contributed by atoms with Crippen molar-refractivity contribution in [3.8, 4) is 0 Å². The van der Waals surface area contributed by atoms with Crippen molar-refractivity contribution in [3.05, 3.63) is 0 Å². The van der Waals surface area contributed by atoms with E-state index in [0.29, 0.717) is 0 Å². The first kappa shape index (κ1) is 16.3. The van der Waals surface area contributed by atoms with Crippen LogP contribution in [0.25, 0.3) is 0 Å².